The molecule has 1 aliphatic rings. The van der Waals surface area contributed by atoms with E-state index in [0.29, 0.717) is 11.3 Å². The summed E-state index contributed by atoms with van der Waals surface area (Å²) in [6.45, 7) is 9.36. The minimum absolute atomic E-state index is 0.196. The van der Waals surface area contributed by atoms with Crippen LogP contribution in [0.4, 0.5) is 0 Å². The van der Waals surface area contributed by atoms with Crippen LogP contribution in [0.3, 0.4) is 0 Å². The fraction of sp³-hybridized carbons (Fsp3) is 0.700. The van der Waals surface area contributed by atoms with Gasteiger partial charge in [-0.2, -0.15) is 0 Å². The monoisotopic (exact) mass is 306 g/mol. The van der Waals surface area contributed by atoms with Crippen molar-refractivity contribution in [3.63, 3.8) is 0 Å². The standard InChI is InChI=1S/C20H31Cl/c1-5-6-15-7-9-16(10-8-15)19(21)17-11-13-18(14-12-17)20(2,3)4/h7-10,17-19H,5-6,11-14H2,1-4H3. The average Bonchev–Trinajstić information content (AvgIpc) is 2.47. The summed E-state index contributed by atoms with van der Waals surface area (Å²) in [6.07, 6.45) is 7.63. The molecule has 1 saturated carbocycles. The summed E-state index contributed by atoms with van der Waals surface area (Å²) >= 11 is 6.78. The lowest BCUT2D eigenvalue weighted by Gasteiger charge is -2.38. The van der Waals surface area contributed by atoms with E-state index in [1.165, 1.54) is 49.7 Å². The molecule has 0 saturated heterocycles. The maximum atomic E-state index is 6.78. The number of hydrogen-bond donors (Lipinski definition) is 0. The number of rotatable bonds is 4. The van der Waals surface area contributed by atoms with Crippen molar-refractivity contribution in [3.05, 3.63) is 35.4 Å². The summed E-state index contributed by atoms with van der Waals surface area (Å²) in [7, 11) is 0. The van der Waals surface area contributed by atoms with Gasteiger partial charge in [0.2, 0.25) is 0 Å². The van der Waals surface area contributed by atoms with Gasteiger partial charge in [0.25, 0.3) is 0 Å². The van der Waals surface area contributed by atoms with Crippen LogP contribution in [0, 0.1) is 17.3 Å². The Morgan fingerprint density at radius 2 is 1.62 bits per heavy atom. The Morgan fingerprint density at radius 3 is 2.10 bits per heavy atom. The average molecular weight is 307 g/mol. The Kier molecular flexibility index (Phi) is 5.77. The summed E-state index contributed by atoms with van der Waals surface area (Å²) in [6, 6.07) is 9.01. The van der Waals surface area contributed by atoms with E-state index in [1.807, 2.05) is 0 Å². The molecular formula is C20H31Cl. The molecule has 0 aromatic heterocycles. The largest absolute Gasteiger partial charge is 0.118 e. The van der Waals surface area contributed by atoms with Crippen LogP contribution in [-0.2, 0) is 6.42 Å². The zero-order chi connectivity index (χ0) is 15.5. The molecule has 0 radical (unpaired) electrons. The summed E-state index contributed by atoms with van der Waals surface area (Å²) in [5.74, 6) is 1.52. The van der Waals surface area contributed by atoms with Gasteiger partial charge in [-0.3, -0.25) is 0 Å². The third-order valence-electron chi connectivity index (χ3n) is 5.25. The first-order valence-electron chi connectivity index (χ1n) is 8.64. The molecule has 0 nitrogen and oxygen atoms in total. The topological polar surface area (TPSA) is 0 Å². The second-order valence-corrected chi connectivity index (χ2v) is 8.34. The molecule has 0 N–H and O–H groups in total. The van der Waals surface area contributed by atoms with E-state index in [0.717, 1.165) is 5.92 Å². The molecule has 0 bridgehead atoms. The summed E-state index contributed by atoms with van der Waals surface area (Å²) in [5.41, 5.74) is 3.20. The van der Waals surface area contributed by atoms with Crippen molar-refractivity contribution >= 4 is 11.6 Å². The van der Waals surface area contributed by atoms with E-state index in [1.54, 1.807) is 0 Å². The van der Waals surface area contributed by atoms with Gasteiger partial charge in [0.15, 0.2) is 0 Å². The van der Waals surface area contributed by atoms with Gasteiger partial charge in [-0.25, -0.2) is 0 Å². The van der Waals surface area contributed by atoms with Crippen molar-refractivity contribution < 1.29 is 0 Å². The van der Waals surface area contributed by atoms with Crippen LogP contribution in [0.2, 0.25) is 0 Å². The summed E-state index contributed by atoms with van der Waals surface area (Å²) in [4.78, 5) is 0. The van der Waals surface area contributed by atoms with Gasteiger partial charge in [0.05, 0.1) is 5.38 Å². The highest BCUT2D eigenvalue weighted by molar-refractivity contribution is 6.21. The van der Waals surface area contributed by atoms with Crippen LogP contribution >= 0.6 is 11.6 Å². The predicted molar refractivity (Wildman–Crippen MR) is 93.9 cm³/mol. The van der Waals surface area contributed by atoms with Gasteiger partial charge >= 0.3 is 0 Å². The van der Waals surface area contributed by atoms with Crippen molar-refractivity contribution in [3.8, 4) is 0 Å². The van der Waals surface area contributed by atoms with Crippen molar-refractivity contribution in [2.24, 2.45) is 17.3 Å². The third kappa shape index (κ3) is 4.49. The van der Waals surface area contributed by atoms with Crippen LogP contribution in [0.1, 0.15) is 76.3 Å². The quantitative estimate of drug-likeness (QED) is 0.538. The molecule has 1 unspecified atom stereocenters. The Morgan fingerprint density at radius 1 is 1.05 bits per heavy atom. The maximum absolute atomic E-state index is 6.78. The number of aryl methyl sites for hydroxylation is 1. The van der Waals surface area contributed by atoms with Gasteiger partial charge in [-0.15, -0.1) is 11.6 Å². The molecule has 1 atom stereocenters. The molecule has 118 valence electrons. The van der Waals surface area contributed by atoms with Crippen molar-refractivity contribution in [2.75, 3.05) is 0 Å². The lowest BCUT2D eigenvalue weighted by Crippen LogP contribution is -2.27. The molecular weight excluding hydrogens is 276 g/mol. The molecule has 0 aliphatic heterocycles. The highest BCUT2D eigenvalue weighted by Crippen LogP contribution is 2.45. The first-order valence-corrected chi connectivity index (χ1v) is 9.08. The van der Waals surface area contributed by atoms with Gasteiger partial charge in [-0.05, 0) is 60.5 Å². The van der Waals surface area contributed by atoms with Crippen LogP contribution in [0.25, 0.3) is 0 Å². The highest BCUT2D eigenvalue weighted by Gasteiger charge is 2.32. The fourth-order valence-corrected chi connectivity index (χ4v) is 4.10. The van der Waals surface area contributed by atoms with Gasteiger partial charge in [0.1, 0.15) is 0 Å². The first kappa shape index (κ1) is 16.9. The van der Waals surface area contributed by atoms with Crippen molar-refractivity contribution in [2.45, 2.75) is 71.6 Å². The van der Waals surface area contributed by atoms with Crippen LogP contribution in [0.5, 0.6) is 0 Å². The minimum atomic E-state index is 0.196. The van der Waals surface area contributed by atoms with Crippen molar-refractivity contribution in [1.82, 2.24) is 0 Å². The Hall–Kier alpha value is -0.490. The summed E-state index contributed by atoms with van der Waals surface area (Å²) < 4.78 is 0. The number of alkyl halides is 1. The minimum Gasteiger partial charge on any atom is -0.118 e. The maximum Gasteiger partial charge on any atom is 0.0613 e. The summed E-state index contributed by atoms with van der Waals surface area (Å²) in [5, 5.41) is 0.196. The predicted octanol–water partition coefficient (Wildman–Crippen LogP) is 6.77. The van der Waals surface area contributed by atoms with E-state index in [2.05, 4.69) is 52.0 Å². The Balaban J connectivity index is 1.93. The van der Waals surface area contributed by atoms with Crippen LogP contribution < -0.4 is 0 Å². The van der Waals surface area contributed by atoms with E-state index in [9.17, 15) is 0 Å². The molecule has 1 aromatic rings. The molecule has 1 aliphatic carbocycles. The third-order valence-corrected chi connectivity index (χ3v) is 5.86. The second kappa shape index (κ2) is 7.18. The smallest absolute Gasteiger partial charge is 0.0613 e. The lowest BCUT2D eigenvalue weighted by molar-refractivity contribution is 0.148. The number of halogens is 1. The molecule has 21 heavy (non-hydrogen) atoms. The zero-order valence-electron chi connectivity index (χ0n) is 14.2. The van der Waals surface area contributed by atoms with E-state index in [-0.39, 0.29) is 5.38 Å². The molecule has 1 aromatic carbocycles. The number of hydrogen-bond acceptors (Lipinski definition) is 0. The molecule has 0 heterocycles. The van der Waals surface area contributed by atoms with E-state index >= 15 is 0 Å². The van der Waals surface area contributed by atoms with Crippen molar-refractivity contribution in [1.29, 1.82) is 0 Å². The Bertz CT molecular complexity index is 418. The molecule has 0 spiro atoms. The first-order chi connectivity index (χ1) is 9.91. The molecule has 1 fully saturated rings. The number of benzene rings is 1. The normalized spacial score (nSPS) is 24.8. The van der Waals surface area contributed by atoms with Gasteiger partial charge in [-0.1, -0.05) is 58.4 Å². The van der Waals surface area contributed by atoms with Crippen LogP contribution in [0.15, 0.2) is 24.3 Å². The molecule has 1 heteroatoms. The van der Waals surface area contributed by atoms with Crippen LogP contribution in [-0.4, -0.2) is 0 Å². The Labute approximate surface area is 136 Å². The molecule has 2 rings (SSSR count). The fourth-order valence-electron chi connectivity index (χ4n) is 3.71. The zero-order valence-corrected chi connectivity index (χ0v) is 14.9. The second-order valence-electron chi connectivity index (χ2n) is 7.87. The molecule has 0 amide bonds. The highest BCUT2D eigenvalue weighted by atomic mass is 35.5. The van der Waals surface area contributed by atoms with E-state index < -0.39 is 0 Å². The van der Waals surface area contributed by atoms with Gasteiger partial charge < -0.3 is 0 Å². The SMILES string of the molecule is CCCc1ccc(C(Cl)C2CCC(C(C)(C)C)CC2)cc1. The van der Waals surface area contributed by atoms with Gasteiger partial charge in [0, 0.05) is 0 Å². The lowest BCUT2D eigenvalue weighted by atomic mass is 9.69. The van der Waals surface area contributed by atoms with E-state index in [4.69, 9.17) is 11.6 Å².